The fraction of sp³-hybridized carbons (Fsp3) is 0.250. The molecular weight excluding hydrogens is 418 g/mol. The van der Waals surface area contributed by atoms with Crippen molar-refractivity contribution >= 4 is 34.2 Å². The average molecular weight is 444 g/mol. The van der Waals surface area contributed by atoms with E-state index >= 15 is 0 Å². The Kier molecular flexibility index (Phi) is 5.39. The number of nitrogens with zero attached hydrogens (tertiary/aromatic N) is 5. The molecule has 0 unspecified atom stereocenters. The Morgan fingerprint density at radius 2 is 1.82 bits per heavy atom. The maximum Gasteiger partial charge on any atom is 0.335 e. The second-order valence-electron chi connectivity index (χ2n) is 8.32. The van der Waals surface area contributed by atoms with E-state index < -0.39 is 5.97 Å². The zero-order chi connectivity index (χ0) is 22.9. The predicted molar refractivity (Wildman–Crippen MR) is 128 cm³/mol. The summed E-state index contributed by atoms with van der Waals surface area (Å²) >= 11 is 0. The van der Waals surface area contributed by atoms with Crippen molar-refractivity contribution in [2.24, 2.45) is 0 Å². The predicted octanol–water partition coefficient (Wildman–Crippen LogP) is 3.52. The minimum Gasteiger partial charge on any atom is -0.478 e. The van der Waals surface area contributed by atoms with Gasteiger partial charge in [0.2, 0.25) is 0 Å². The standard InChI is InChI=1S/C24H25N7O2/c1-15-13-16(3-8-19(15)24(32)33)22-27-20-14-25-29-21(20)23(28-22)26-17-4-6-18(7-5-17)31-11-9-30(2)10-12-31/h3-8,13-14H,9-12H2,1-2H3,(H,25,29)(H,32,33)(H,26,27,28). The lowest BCUT2D eigenvalue weighted by Crippen LogP contribution is -2.44. The van der Waals surface area contributed by atoms with Crippen LogP contribution in [0.1, 0.15) is 15.9 Å². The molecule has 0 spiro atoms. The third kappa shape index (κ3) is 4.22. The van der Waals surface area contributed by atoms with Crippen molar-refractivity contribution in [3.63, 3.8) is 0 Å². The summed E-state index contributed by atoms with van der Waals surface area (Å²) < 4.78 is 0. The van der Waals surface area contributed by atoms with Crippen molar-refractivity contribution < 1.29 is 9.90 Å². The number of anilines is 3. The number of piperazine rings is 1. The number of carboxylic acids is 1. The quantitative estimate of drug-likeness (QED) is 0.430. The Labute approximate surface area is 191 Å². The zero-order valence-corrected chi connectivity index (χ0v) is 18.5. The molecule has 9 nitrogen and oxygen atoms in total. The van der Waals surface area contributed by atoms with Crippen molar-refractivity contribution in [2.45, 2.75) is 6.92 Å². The van der Waals surface area contributed by atoms with E-state index in [9.17, 15) is 9.90 Å². The van der Waals surface area contributed by atoms with E-state index in [2.05, 4.69) is 49.5 Å². The molecule has 4 aromatic rings. The number of carboxylic acid groups (broad SMARTS) is 1. The van der Waals surface area contributed by atoms with Gasteiger partial charge < -0.3 is 20.2 Å². The number of nitrogens with one attached hydrogen (secondary N) is 2. The van der Waals surface area contributed by atoms with Crippen molar-refractivity contribution in [2.75, 3.05) is 43.4 Å². The van der Waals surface area contributed by atoms with Crippen LogP contribution in [0.3, 0.4) is 0 Å². The van der Waals surface area contributed by atoms with Crippen LogP contribution >= 0.6 is 0 Å². The van der Waals surface area contributed by atoms with Gasteiger partial charge in [0.25, 0.3) is 0 Å². The largest absolute Gasteiger partial charge is 0.478 e. The molecule has 0 atom stereocenters. The molecule has 1 aliphatic heterocycles. The van der Waals surface area contributed by atoms with Crippen LogP contribution in [0.25, 0.3) is 22.4 Å². The number of carbonyl (C=O) groups is 1. The molecule has 0 bridgehead atoms. The van der Waals surface area contributed by atoms with Crippen LogP contribution in [-0.4, -0.2) is 69.4 Å². The average Bonchev–Trinajstić information content (AvgIpc) is 3.29. The lowest BCUT2D eigenvalue weighted by molar-refractivity contribution is 0.0696. The minimum absolute atomic E-state index is 0.266. The highest BCUT2D eigenvalue weighted by Gasteiger charge is 2.16. The van der Waals surface area contributed by atoms with Gasteiger partial charge in [-0.15, -0.1) is 0 Å². The Balaban J connectivity index is 1.43. The van der Waals surface area contributed by atoms with Gasteiger partial charge in [-0.3, -0.25) is 5.10 Å². The van der Waals surface area contributed by atoms with E-state index in [1.54, 1.807) is 31.3 Å². The molecule has 2 aromatic heterocycles. The summed E-state index contributed by atoms with van der Waals surface area (Å²) in [6, 6.07) is 13.4. The van der Waals surface area contributed by atoms with Crippen LogP contribution in [-0.2, 0) is 0 Å². The van der Waals surface area contributed by atoms with Gasteiger partial charge >= 0.3 is 5.97 Å². The SMILES string of the molecule is Cc1cc(-c2nc(Nc3ccc(N4CCN(C)CC4)cc3)c3[nH]ncc3n2)ccc1C(=O)O. The van der Waals surface area contributed by atoms with Gasteiger partial charge in [-0.25, -0.2) is 14.8 Å². The summed E-state index contributed by atoms with van der Waals surface area (Å²) in [6.45, 7) is 5.94. The minimum atomic E-state index is -0.951. The molecule has 3 heterocycles. The number of rotatable bonds is 5. The van der Waals surface area contributed by atoms with Gasteiger partial charge in [0.15, 0.2) is 11.6 Å². The maximum absolute atomic E-state index is 11.3. The number of hydrogen-bond donors (Lipinski definition) is 3. The fourth-order valence-electron chi connectivity index (χ4n) is 4.06. The second-order valence-corrected chi connectivity index (χ2v) is 8.32. The first kappa shape index (κ1) is 20.9. The first-order valence-electron chi connectivity index (χ1n) is 10.8. The summed E-state index contributed by atoms with van der Waals surface area (Å²) in [6.07, 6.45) is 1.65. The molecule has 9 heteroatoms. The number of fused-ring (bicyclic) bond motifs is 1. The van der Waals surface area contributed by atoms with E-state index in [1.165, 1.54) is 5.69 Å². The lowest BCUT2D eigenvalue weighted by Gasteiger charge is -2.34. The molecule has 1 fully saturated rings. The number of aromatic carboxylic acids is 1. The highest BCUT2D eigenvalue weighted by Crippen LogP contribution is 2.28. The molecule has 0 saturated carbocycles. The number of likely N-dealkylation sites (N-methyl/N-ethyl adjacent to an activating group) is 1. The van der Waals surface area contributed by atoms with Gasteiger partial charge in [0.1, 0.15) is 11.0 Å². The Morgan fingerprint density at radius 1 is 1.06 bits per heavy atom. The summed E-state index contributed by atoms with van der Waals surface area (Å²) in [7, 11) is 2.15. The van der Waals surface area contributed by atoms with Gasteiger partial charge in [0.05, 0.1) is 11.8 Å². The van der Waals surface area contributed by atoms with E-state index in [1.807, 2.05) is 12.1 Å². The number of hydrogen-bond acceptors (Lipinski definition) is 7. The Hall–Kier alpha value is -3.98. The molecule has 3 N–H and O–H groups in total. The van der Waals surface area contributed by atoms with Crippen LogP contribution in [0, 0.1) is 6.92 Å². The van der Waals surface area contributed by atoms with Gasteiger partial charge in [-0.05, 0) is 55.9 Å². The number of aryl methyl sites for hydroxylation is 1. The van der Waals surface area contributed by atoms with Crippen LogP contribution in [0.2, 0.25) is 0 Å². The van der Waals surface area contributed by atoms with Crippen LogP contribution in [0.15, 0.2) is 48.7 Å². The molecule has 0 aliphatic carbocycles. The number of aromatic nitrogens is 4. The normalized spacial score (nSPS) is 14.5. The molecule has 1 saturated heterocycles. The molecule has 1 aliphatic rings. The van der Waals surface area contributed by atoms with Crippen LogP contribution in [0.4, 0.5) is 17.2 Å². The Morgan fingerprint density at radius 3 is 2.52 bits per heavy atom. The third-order valence-electron chi connectivity index (χ3n) is 6.01. The first-order valence-corrected chi connectivity index (χ1v) is 10.8. The zero-order valence-electron chi connectivity index (χ0n) is 18.5. The smallest absolute Gasteiger partial charge is 0.335 e. The van der Waals surface area contributed by atoms with Gasteiger partial charge in [-0.2, -0.15) is 5.10 Å². The molecule has 33 heavy (non-hydrogen) atoms. The highest BCUT2D eigenvalue weighted by atomic mass is 16.4. The van der Waals surface area contributed by atoms with Crippen molar-refractivity contribution in [3.8, 4) is 11.4 Å². The summed E-state index contributed by atoms with van der Waals surface area (Å²) in [5.74, 6) is 0.160. The first-order chi connectivity index (χ1) is 16.0. The lowest BCUT2D eigenvalue weighted by atomic mass is 10.0. The molecule has 5 rings (SSSR count). The summed E-state index contributed by atoms with van der Waals surface area (Å²) in [5.41, 5.74) is 5.17. The topological polar surface area (TPSA) is 110 Å². The van der Waals surface area contributed by atoms with Crippen molar-refractivity contribution in [1.82, 2.24) is 25.1 Å². The summed E-state index contributed by atoms with van der Waals surface area (Å²) in [4.78, 5) is 25.4. The van der Waals surface area contributed by atoms with E-state index in [0.29, 0.717) is 28.2 Å². The van der Waals surface area contributed by atoms with Crippen LogP contribution < -0.4 is 10.2 Å². The molecule has 0 radical (unpaired) electrons. The number of aromatic amines is 1. The molecule has 168 valence electrons. The molecular formula is C24H25N7O2. The van der Waals surface area contributed by atoms with E-state index in [-0.39, 0.29) is 5.56 Å². The summed E-state index contributed by atoms with van der Waals surface area (Å²) in [5, 5.41) is 19.8. The Bertz CT molecular complexity index is 1310. The van der Waals surface area contributed by atoms with Crippen molar-refractivity contribution in [1.29, 1.82) is 0 Å². The fourth-order valence-corrected chi connectivity index (χ4v) is 4.06. The third-order valence-corrected chi connectivity index (χ3v) is 6.01. The molecule has 2 aromatic carbocycles. The number of benzene rings is 2. The maximum atomic E-state index is 11.3. The monoisotopic (exact) mass is 443 g/mol. The number of H-pyrrole nitrogens is 1. The highest BCUT2D eigenvalue weighted by molar-refractivity contribution is 5.91. The van der Waals surface area contributed by atoms with E-state index in [4.69, 9.17) is 4.98 Å². The molecule has 0 amide bonds. The van der Waals surface area contributed by atoms with Crippen molar-refractivity contribution in [3.05, 3.63) is 59.8 Å². The van der Waals surface area contributed by atoms with Gasteiger partial charge in [-0.1, -0.05) is 6.07 Å². The van der Waals surface area contributed by atoms with E-state index in [0.717, 1.165) is 37.4 Å². The van der Waals surface area contributed by atoms with Gasteiger partial charge in [0, 0.05) is 43.1 Å². The second kappa shape index (κ2) is 8.51. The van der Waals surface area contributed by atoms with Crippen LogP contribution in [0.5, 0.6) is 0 Å².